The molecule has 0 rings (SSSR count). The predicted molar refractivity (Wildman–Crippen MR) is 330 cm³/mol. The lowest BCUT2D eigenvalue weighted by atomic mass is 10.0. The average molecular weight is 1070 g/mol. The number of hydrogen-bond donors (Lipinski definition) is 0. The summed E-state index contributed by atoms with van der Waals surface area (Å²) in [7, 11) is 0. The Labute approximate surface area is 473 Å². The second-order valence-corrected chi connectivity index (χ2v) is 22.7. The molecule has 0 aromatic heterocycles. The molecule has 0 spiro atoms. The molecule has 0 fully saturated rings. The molecule has 1 atom stereocenters. The molecule has 0 saturated carbocycles. The van der Waals surface area contributed by atoms with Gasteiger partial charge >= 0.3 is 17.9 Å². The predicted octanol–water partition coefficient (Wildman–Crippen LogP) is 22.9. The van der Waals surface area contributed by atoms with Crippen LogP contribution >= 0.6 is 0 Å². The molecule has 0 bridgehead atoms. The number of allylic oxidation sites excluding steroid dienone is 8. The molecule has 6 heteroatoms. The molecule has 0 aromatic carbocycles. The summed E-state index contributed by atoms with van der Waals surface area (Å²) < 4.78 is 16.9. The summed E-state index contributed by atoms with van der Waals surface area (Å²) in [6.07, 6.45) is 81.4. The summed E-state index contributed by atoms with van der Waals surface area (Å²) in [5.41, 5.74) is 0. The molecule has 0 amide bonds. The Morgan fingerprint density at radius 3 is 0.750 bits per heavy atom. The van der Waals surface area contributed by atoms with Gasteiger partial charge in [0.05, 0.1) is 0 Å². The largest absolute Gasteiger partial charge is 0.462 e. The summed E-state index contributed by atoms with van der Waals surface area (Å²) >= 11 is 0. The van der Waals surface area contributed by atoms with E-state index in [0.29, 0.717) is 19.3 Å². The fourth-order valence-electron chi connectivity index (χ4n) is 9.98. The van der Waals surface area contributed by atoms with Crippen LogP contribution in [0.5, 0.6) is 0 Å². The smallest absolute Gasteiger partial charge is 0.306 e. The maximum Gasteiger partial charge on any atom is 0.306 e. The minimum atomic E-state index is -0.774. The molecule has 0 aliphatic heterocycles. The van der Waals surface area contributed by atoms with Gasteiger partial charge in [-0.05, 0) is 83.5 Å². The van der Waals surface area contributed by atoms with Crippen molar-refractivity contribution in [1.29, 1.82) is 0 Å². The standard InChI is InChI=1S/C70H128O6/c1-4-7-10-13-16-19-22-24-26-28-29-30-31-32-33-34-35-36-37-38-39-40-41-43-44-46-48-51-54-57-60-63-69(72)75-66-67(65-74-68(71)62-59-56-53-50-21-18-15-12-9-6-3)76-70(73)64-61-58-55-52-49-47-45-42-27-25-23-20-17-14-11-8-5-2/h17,20,22,24-25,27-29,67H,4-16,18-19,21,23,26,30-66H2,1-3H3/b20-17-,24-22-,27-25-,29-28-. The zero-order chi connectivity index (χ0) is 55.0. The fraction of sp³-hybridized carbons (Fsp3) is 0.843. The van der Waals surface area contributed by atoms with Crippen LogP contribution in [-0.2, 0) is 28.6 Å². The number of rotatable bonds is 62. The maximum atomic E-state index is 12.9. The van der Waals surface area contributed by atoms with E-state index in [1.807, 2.05) is 0 Å². The lowest BCUT2D eigenvalue weighted by Crippen LogP contribution is -2.30. The lowest BCUT2D eigenvalue weighted by Gasteiger charge is -2.18. The van der Waals surface area contributed by atoms with Crippen molar-refractivity contribution in [3.05, 3.63) is 48.6 Å². The lowest BCUT2D eigenvalue weighted by molar-refractivity contribution is -0.167. The van der Waals surface area contributed by atoms with E-state index in [1.165, 1.54) is 244 Å². The van der Waals surface area contributed by atoms with E-state index in [4.69, 9.17) is 14.2 Å². The van der Waals surface area contributed by atoms with Crippen LogP contribution in [0, 0.1) is 0 Å². The monoisotopic (exact) mass is 1060 g/mol. The van der Waals surface area contributed by atoms with Crippen LogP contribution in [-0.4, -0.2) is 37.2 Å². The molecule has 0 aliphatic carbocycles. The summed E-state index contributed by atoms with van der Waals surface area (Å²) in [4.78, 5) is 38.2. The fourth-order valence-corrected chi connectivity index (χ4v) is 9.98. The molecule has 0 N–H and O–H groups in total. The molecule has 76 heavy (non-hydrogen) atoms. The first kappa shape index (κ1) is 73.4. The van der Waals surface area contributed by atoms with Gasteiger partial charge < -0.3 is 14.2 Å². The second-order valence-electron chi connectivity index (χ2n) is 22.7. The molecule has 444 valence electrons. The highest BCUT2D eigenvalue weighted by Crippen LogP contribution is 2.18. The third-order valence-corrected chi connectivity index (χ3v) is 15.1. The van der Waals surface area contributed by atoms with Gasteiger partial charge in [-0.1, -0.05) is 307 Å². The van der Waals surface area contributed by atoms with E-state index in [1.54, 1.807) is 0 Å². The Hall–Kier alpha value is -2.63. The third-order valence-electron chi connectivity index (χ3n) is 15.1. The van der Waals surface area contributed by atoms with Crippen molar-refractivity contribution in [2.24, 2.45) is 0 Å². The molecule has 0 aromatic rings. The van der Waals surface area contributed by atoms with Crippen LogP contribution in [0.2, 0.25) is 0 Å². The van der Waals surface area contributed by atoms with Crippen LogP contribution in [0.15, 0.2) is 48.6 Å². The van der Waals surface area contributed by atoms with Crippen molar-refractivity contribution >= 4 is 17.9 Å². The van der Waals surface area contributed by atoms with E-state index in [2.05, 4.69) is 69.4 Å². The third kappa shape index (κ3) is 62.2. The minimum Gasteiger partial charge on any atom is -0.462 e. The van der Waals surface area contributed by atoms with Crippen molar-refractivity contribution in [1.82, 2.24) is 0 Å². The number of carbonyl (C=O) groups excluding carboxylic acids is 3. The number of unbranched alkanes of at least 4 members (excludes halogenated alkanes) is 43. The Bertz CT molecular complexity index is 1310. The Balaban J connectivity index is 4.10. The number of ether oxygens (including phenoxy) is 3. The molecule has 1 unspecified atom stereocenters. The minimum absolute atomic E-state index is 0.0716. The molecule has 0 aliphatic rings. The van der Waals surface area contributed by atoms with Gasteiger partial charge in [0.25, 0.3) is 0 Å². The van der Waals surface area contributed by atoms with Gasteiger partial charge in [-0.25, -0.2) is 0 Å². The normalized spacial score (nSPS) is 12.3. The van der Waals surface area contributed by atoms with Crippen LogP contribution in [0.3, 0.4) is 0 Å². The van der Waals surface area contributed by atoms with Gasteiger partial charge in [-0.2, -0.15) is 0 Å². The van der Waals surface area contributed by atoms with E-state index >= 15 is 0 Å². The van der Waals surface area contributed by atoms with E-state index in [-0.39, 0.29) is 31.1 Å². The Kier molecular flexibility index (Phi) is 62.6. The molecule has 0 saturated heterocycles. The molecule has 0 radical (unpaired) electrons. The second kappa shape index (κ2) is 64.9. The Morgan fingerprint density at radius 2 is 0.474 bits per heavy atom. The zero-order valence-corrected chi connectivity index (χ0v) is 51.0. The maximum absolute atomic E-state index is 12.9. The van der Waals surface area contributed by atoms with E-state index in [9.17, 15) is 14.4 Å². The SMILES string of the molecule is CCCCC/C=C\C/C=C\CCCCCCCCCC(=O)OC(COC(=O)CCCCCCCCCCCC)COC(=O)CCCCCCCCCCCCCCCCCCCCC/C=C\C/C=C\CCCCCCC. The summed E-state index contributed by atoms with van der Waals surface area (Å²) in [6.45, 7) is 6.63. The first-order chi connectivity index (χ1) is 37.5. The van der Waals surface area contributed by atoms with Crippen LogP contribution in [0.25, 0.3) is 0 Å². The highest BCUT2D eigenvalue weighted by atomic mass is 16.6. The number of hydrogen-bond acceptors (Lipinski definition) is 6. The summed E-state index contributed by atoms with van der Waals surface area (Å²) in [6, 6.07) is 0. The van der Waals surface area contributed by atoms with E-state index in [0.717, 1.165) is 77.0 Å². The van der Waals surface area contributed by atoms with Gasteiger partial charge in [-0.15, -0.1) is 0 Å². The van der Waals surface area contributed by atoms with E-state index < -0.39 is 6.10 Å². The van der Waals surface area contributed by atoms with Crippen molar-refractivity contribution in [3.63, 3.8) is 0 Å². The topological polar surface area (TPSA) is 78.9 Å². The Morgan fingerprint density at radius 1 is 0.263 bits per heavy atom. The highest BCUT2D eigenvalue weighted by molar-refractivity contribution is 5.71. The summed E-state index contributed by atoms with van der Waals surface area (Å²) in [5, 5.41) is 0. The van der Waals surface area contributed by atoms with Crippen molar-refractivity contribution in [3.8, 4) is 0 Å². The molecule has 6 nitrogen and oxygen atoms in total. The van der Waals surface area contributed by atoms with Gasteiger partial charge in [0.2, 0.25) is 0 Å². The van der Waals surface area contributed by atoms with Gasteiger partial charge in [0.15, 0.2) is 6.10 Å². The van der Waals surface area contributed by atoms with Crippen molar-refractivity contribution in [2.75, 3.05) is 13.2 Å². The molecular weight excluding hydrogens is 937 g/mol. The highest BCUT2D eigenvalue weighted by Gasteiger charge is 2.19. The average Bonchev–Trinajstić information content (AvgIpc) is 3.42. The quantitative estimate of drug-likeness (QED) is 0.0261. The van der Waals surface area contributed by atoms with Gasteiger partial charge in [-0.3, -0.25) is 14.4 Å². The first-order valence-electron chi connectivity index (χ1n) is 33.6. The molecule has 0 heterocycles. The van der Waals surface area contributed by atoms with Crippen molar-refractivity contribution in [2.45, 2.75) is 367 Å². The molecular formula is C70H128O6. The van der Waals surface area contributed by atoms with Crippen molar-refractivity contribution < 1.29 is 28.6 Å². The number of esters is 3. The van der Waals surface area contributed by atoms with Gasteiger partial charge in [0.1, 0.15) is 13.2 Å². The van der Waals surface area contributed by atoms with Crippen LogP contribution < -0.4 is 0 Å². The number of carbonyl (C=O) groups is 3. The van der Waals surface area contributed by atoms with Crippen LogP contribution in [0.4, 0.5) is 0 Å². The van der Waals surface area contributed by atoms with Gasteiger partial charge in [0, 0.05) is 19.3 Å². The zero-order valence-electron chi connectivity index (χ0n) is 51.0. The van der Waals surface area contributed by atoms with Crippen LogP contribution in [0.1, 0.15) is 361 Å². The summed E-state index contributed by atoms with van der Waals surface area (Å²) in [5.74, 6) is -0.860. The first-order valence-corrected chi connectivity index (χ1v) is 33.6.